The monoisotopic (exact) mass is 317 g/mol. The van der Waals surface area contributed by atoms with E-state index in [9.17, 15) is 9.59 Å². The van der Waals surface area contributed by atoms with Crippen LogP contribution in [-0.2, 0) is 11.2 Å². The second-order valence-corrected chi connectivity index (χ2v) is 4.96. The Kier molecular flexibility index (Phi) is 5.21. The summed E-state index contributed by atoms with van der Waals surface area (Å²) in [5.41, 5.74) is 6.67. The average molecular weight is 317 g/mol. The maximum Gasteiger partial charge on any atom is 0.290 e. The van der Waals surface area contributed by atoms with Crippen molar-refractivity contribution in [3.8, 4) is 0 Å². The number of hydrazine groups is 1. The lowest BCUT2D eigenvalue weighted by molar-refractivity contribution is -0.119. The number of aromatic amines is 1. The summed E-state index contributed by atoms with van der Waals surface area (Å²) in [6, 6.07) is 10.9. The lowest BCUT2D eigenvalue weighted by Gasteiger charge is -2.09. The van der Waals surface area contributed by atoms with E-state index >= 15 is 0 Å². The summed E-state index contributed by atoms with van der Waals surface area (Å²) in [5.74, 6) is -0.724. The van der Waals surface area contributed by atoms with Gasteiger partial charge in [-0.2, -0.15) is 5.10 Å². The van der Waals surface area contributed by atoms with E-state index in [2.05, 4.69) is 26.4 Å². The smallest absolute Gasteiger partial charge is 0.290 e. The fourth-order valence-electron chi connectivity index (χ4n) is 1.70. The second-order valence-electron chi connectivity index (χ2n) is 4.55. The summed E-state index contributed by atoms with van der Waals surface area (Å²) in [4.78, 5) is 23.5. The Hall–Kier alpha value is -2.74. The highest BCUT2D eigenvalue weighted by Crippen LogP contribution is 1.99. The van der Waals surface area contributed by atoms with Gasteiger partial charge in [-0.1, -0.05) is 30.3 Å². The molecule has 0 saturated carbocycles. The number of aromatic nitrogens is 2. The Bertz CT molecular complexity index is 684. The molecule has 8 heteroatoms. The predicted octanol–water partition coefficient (Wildman–Crippen LogP) is 0.596. The summed E-state index contributed by atoms with van der Waals surface area (Å²) >= 11 is 4.93. The van der Waals surface area contributed by atoms with Gasteiger partial charge in [0, 0.05) is 5.69 Å². The molecule has 0 unspecified atom stereocenters. The van der Waals surface area contributed by atoms with Gasteiger partial charge in [0.15, 0.2) is 10.8 Å². The number of rotatable bonds is 3. The third-order valence-corrected chi connectivity index (χ3v) is 2.89. The van der Waals surface area contributed by atoms with Gasteiger partial charge in [0.25, 0.3) is 5.91 Å². The van der Waals surface area contributed by atoms with Gasteiger partial charge in [-0.05, 0) is 30.8 Å². The fraction of sp³-hybridized carbons (Fsp3) is 0.143. The van der Waals surface area contributed by atoms with Crippen molar-refractivity contribution in [2.75, 3.05) is 0 Å². The van der Waals surface area contributed by atoms with E-state index in [4.69, 9.17) is 12.2 Å². The Morgan fingerprint density at radius 1 is 1.23 bits per heavy atom. The maximum atomic E-state index is 11.8. The van der Waals surface area contributed by atoms with Crippen LogP contribution in [0.3, 0.4) is 0 Å². The van der Waals surface area contributed by atoms with Gasteiger partial charge in [-0.3, -0.25) is 25.5 Å². The highest BCUT2D eigenvalue weighted by molar-refractivity contribution is 7.80. The van der Waals surface area contributed by atoms with Crippen LogP contribution in [0, 0.1) is 6.92 Å². The molecule has 0 aliphatic heterocycles. The Morgan fingerprint density at radius 3 is 2.59 bits per heavy atom. The molecule has 1 aromatic heterocycles. The lowest BCUT2D eigenvalue weighted by atomic mass is 10.1. The summed E-state index contributed by atoms with van der Waals surface area (Å²) in [6.45, 7) is 1.78. The number of amides is 2. The molecule has 7 nitrogen and oxygen atoms in total. The number of aryl methyl sites for hydroxylation is 1. The van der Waals surface area contributed by atoms with Crippen molar-refractivity contribution in [1.29, 1.82) is 0 Å². The summed E-state index contributed by atoms with van der Waals surface area (Å²) in [5, 5.41) is 8.95. The number of H-pyrrole nitrogens is 1. The van der Waals surface area contributed by atoms with Gasteiger partial charge in [0.1, 0.15) is 0 Å². The fourth-order valence-corrected chi connectivity index (χ4v) is 1.86. The molecule has 2 aromatic rings. The second kappa shape index (κ2) is 7.32. The van der Waals surface area contributed by atoms with E-state index in [-0.39, 0.29) is 23.1 Å². The SMILES string of the molecule is Cc1cc(C(=O)NNC(=S)NC(=O)Cc2ccccc2)n[nH]1. The number of nitrogens with one attached hydrogen (secondary N) is 4. The first-order valence-corrected chi connectivity index (χ1v) is 6.91. The number of hydrogen-bond acceptors (Lipinski definition) is 4. The number of thiocarbonyl (C=S) groups is 1. The third-order valence-electron chi connectivity index (χ3n) is 2.69. The average Bonchev–Trinajstić information content (AvgIpc) is 2.92. The highest BCUT2D eigenvalue weighted by Gasteiger charge is 2.10. The minimum absolute atomic E-state index is 0.0153. The third kappa shape index (κ3) is 4.67. The van der Waals surface area contributed by atoms with E-state index in [1.807, 2.05) is 30.3 Å². The molecule has 4 N–H and O–H groups in total. The Labute approximate surface area is 132 Å². The van der Waals surface area contributed by atoms with Crippen LogP contribution < -0.4 is 16.2 Å². The number of benzene rings is 1. The van der Waals surface area contributed by atoms with Gasteiger partial charge in [0.2, 0.25) is 5.91 Å². The summed E-state index contributed by atoms with van der Waals surface area (Å²) in [7, 11) is 0. The zero-order valence-electron chi connectivity index (χ0n) is 11.8. The first-order valence-electron chi connectivity index (χ1n) is 6.50. The van der Waals surface area contributed by atoms with E-state index in [1.54, 1.807) is 13.0 Å². The van der Waals surface area contributed by atoms with Gasteiger partial charge in [-0.15, -0.1) is 0 Å². The molecule has 2 amide bonds. The van der Waals surface area contributed by atoms with Crippen molar-refractivity contribution >= 4 is 29.1 Å². The number of carbonyl (C=O) groups excluding carboxylic acids is 2. The summed E-state index contributed by atoms with van der Waals surface area (Å²) < 4.78 is 0. The predicted molar refractivity (Wildman–Crippen MR) is 84.8 cm³/mol. The summed E-state index contributed by atoms with van der Waals surface area (Å²) in [6.07, 6.45) is 0.204. The molecule has 114 valence electrons. The minimum Gasteiger partial charge on any atom is -0.302 e. The van der Waals surface area contributed by atoms with E-state index in [0.717, 1.165) is 11.3 Å². The van der Waals surface area contributed by atoms with Crippen molar-refractivity contribution in [2.45, 2.75) is 13.3 Å². The molecular weight excluding hydrogens is 302 g/mol. The van der Waals surface area contributed by atoms with Gasteiger partial charge >= 0.3 is 0 Å². The Morgan fingerprint density at radius 2 is 1.95 bits per heavy atom. The van der Waals surface area contributed by atoms with E-state index in [0.29, 0.717) is 0 Å². The van der Waals surface area contributed by atoms with Crippen molar-refractivity contribution in [3.63, 3.8) is 0 Å². The molecule has 0 aliphatic carbocycles. The van der Waals surface area contributed by atoms with E-state index in [1.165, 1.54) is 0 Å². The molecule has 0 saturated heterocycles. The standard InChI is InChI=1S/C14H15N5O2S/c1-9-7-11(17-16-9)13(21)18-19-14(22)15-12(20)8-10-5-3-2-4-6-10/h2-7H,8H2,1H3,(H,16,17)(H,18,21)(H2,15,19,20,22). The molecule has 0 fully saturated rings. The molecule has 22 heavy (non-hydrogen) atoms. The van der Waals surface area contributed by atoms with Crippen molar-refractivity contribution in [2.24, 2.45) is 0 Å². The Balaban J connectivity index is 1.76. The largest absolute Gasteiger partial charge is 0.302 e. The van der Waals surface area contributed by atoms with Gasteiger partial charge < -0.3 is 5.32 Å². The zero-order chi connectivity index (χ0) is 15.9. The molecular formula is C14H15N5O2S. The van der Waals surface area contributed by atoms with Gasteiger partial charge in [-0.25, -0.2) is 0 Å². The molecule has 1 aromatic carbocycles. The molecule has 0 radical (unpaired) electrons. The molecule has 2 rings (SSSR count). The zero-order valence-corrected chi connectivity index (χ0v) is 12.7. The maximum absolute atomic E-state index is 11.8. The number of hydrogen-bond donors (Lipinski definition) is 4. The van der Waals surface area contributed by atoms with Crippen molar-refractivity contribution < 1.29 is 9.59 Å². The number of nitrogens with zero attached hydrogens (tertiary/aromatic N) is 1. The van der Waals surface area contributed by atoms with Crippen LogP contribution in [0.1, 0.15) is 21.7 Å². The molecule has 0 aliphatic rings. The quantitative estimate of drug-likeness (QED) is 0.491. The number of carbonyl (C=O) groups is 2. The van der Waals surface area contributed by atoms with Crippen LogP contribution in [0.4, 0.5) is 0 Å². The first kappa shape index (κ1) is 15.6. The van der Waals surface area contributed by atoms with Crippen LogP contribution in [0.5, 0.6) is 0 Å². The van der Waals surface area contributed by atoms with Crippen LogP contribution in [-0.4, -0.2) is 27.1 Å². The topological polar surface area (TPSA) is 98.9 Å². The van der Waals surface area contributed by atoms with Crippen LogP contribution >= 0.6 is 12.2 Å². The molecule has 1 heterocycles. The molecule has 0 atom stereocenters. The van der Waals surface area contributed by atoms with Gasteiger partial charge in [0.05, 0.1) is 6.42 Å². The van der Waals surface area contributed by atoms with E-state index < -0.39 is 5.91 Å². The molecule has 0 bridgehead atoms. The molecule has 0 spiro atoms. The van der Waals surface area contributed by atoms with Crippen LogP contribution in [0.2, 0.25) is 0 Å². The lowest BCUT2D eigenvalue weighted by Crippen LogP contribution is -2.48. The van der Waals surface area contributed by atoms with Crippen LogP contribution in [0.15, 0.2) is 36.4 Å². The van der Waals surface area contributed by atoms with Crippen molar-refractivity contribution in [1.82, 2.24) is 26.4 Å². The first-order chi connectivity index (χ1) is 10.5. The minimum atomic E-state index is -0.455. The normalized spacial score (nSPS) is 9.86. The van der Waals surface area contributed by atoms with Crippen molar-refractivity contribution in [3.05, 3.63) is 53.3 Å². The highest BCUT2D eigenvalue weighted by atomic mass is 32.1. The van der Waals surface area contributed by atoms with Crippen LogP contribution in [0.25, 0.3) is 0 Å².